The Morgan fingerprint density at radius 3 is 2.71 bits per heavy atom. The van der Waals surface area contributed by atoms with E-state index in [9.17, 15) is 9.90 Å². The molecule has 1 unspecified atom stereocenters. The highest BCUT2D eigenvalue weighted by Gasteiger charge is 2.29. The third kappa shape index (κ3) is 3.78. The fraction of sp³-hybridized carbons (Fsp3) is 0.286. The van der Waals surface area contributed by atoms with Gasteiger partial charge < -0.3 is 15.2 Å². The first-order valence-corrected chi connectivity index (χ1v) is 7.55. The Kier molecular flexibility index (Phi) is 5.27. The molecule has 0 spiro atoms. The van der Waals surface area contributed by atoms with Gasteiger partial charge in [0.25, 0.3) is 0 Å². The van der Waals surface area contributed by atoms with Crippen molar-refractivity contribution in [1.82, 2.24) is 5.32 Å². The second-order valence-electron chi connectivity index (χ2n) is 4.41. The van der Waals surface area contributed by atoms with E-state index in [1.54, 1.807) is 38.3 Å². The van der Waals surface area contributed by atoms with Crippen LogP contribution in [0.15, 0.2) is 40.5 Å². The fourth-order valence-electron chi connectivity index (χ4n) is 2.00. The summed E-state index contributed by atoms with van der Waals surface area (Å²) in [7, 11) is 1.60. The molecular weight excluding hydrogens is 312 g/mol. The van der Waals surface area contributed by atoms with Gasteiger partial charge in [-0.2, -0.15) is 0 Å². The minimum absolute atomic E-state index is 0.235. The Labute approximate surface area is 132 Å². The van der Waals surface area contributed by atoms with Crippen LogP contribution in [-0.4, -0.2) is 29.3 Å². The molecule has 0 aromatic heterocycles. The number of thioether (sulfide) groups is 1. The van der Waals surface area contributed by atoms with Crippen LogP contribution in [0.5, 0.6) is 0 Å². The van der Waals surface area contributed by atoms with Gasteiger partial charge in [0.2, 0.25) is 0 Å². The van der Waals surface area contributed by atoms with E-state index in [2.05, 4.69) is 10.3 Å². The number of halogens is 1. The number of hydrogen-bond acceptors (Lipinski definition) is 5. The molecular formula is C14H15ClN2O3S. The lowest BCUT2D eigenvalue weighted by Crippen LogP contribution is -2.30. The third-order valence-electron chi connectivity index (χ3n) is 2.95. The number of carboxylic acids is 1. The number of hydrogen-bond donors (Lipinski definition) is 2. The van der Waals surface area contributed by atoms with Crippen LogP contribution >= 0.6 is 23.4 Å². The zero-order valence-electron chi connectivity index (χ0n) is 11.6. The number of aliphatic imine (C=N–C) groups is 1. The van der Waals surface area contributed by atoms with Gasteiger partial charge in [-0.1, -0.05) is 35.5 Å². The molecule has 21 heavy (non-hydrogen) atoms. The van der Waals surface area contributed by atoms with Crippen molar-refractivity contribution in [2.45, 2.75) is 13.0 Å². The molecule has 0 aliphatic carbocycles. The first-order chi connectivity index (χ1) is 10.0. The van der Waals surface area contributed by atoms with Crippen molar-refractivity contribution in [2.24, 2.45) is 4.99 Å². The van der Waals surface area contributed by atoms with Crippen LogP contribution in [0.3, 0.4) is 0 Å². The normalized spacial score (nSPS) is 18.2. The van der Waals surface area contributed by atoms with Gasteiger partial charge in [0.1, 0.15) is 6.04 Å². The zero-order chi connectivity index (χ0) is 15.4. The molecule has 1 aromatic carbocycles. The smallest absolute Gasteiger partial charge is 0.335 e. The Bertz CT molecular complexity index is 599. The maximum Gasteiger partial charge on any atom is 0.335 e. The van der Waals surface area contributed by atoms with Gasteiger partial charge in [-0.05, 0) is 24.6 Å². The van der Waals surface area contributed by atoms with Gasteiger partial charge in [-0.15, -0.1) is 0 Å². The number of aliphatic carboxylic acids is 1. The highest BCUT2D eigenvalue weighted by atomic mass is 35.5. The lowest BCUT2D eigenvalue weighted by Gasteiger charge is -2.24. The number of carboxylic acid groups (broad SMARTS) is 1. The largest absolute Gasteiger partial charge is 0.478 e. The number of methoxy groups -OCH3 is 1. The predicted molar refractivity (Wildman–Crippen MR) is 84.6 cm³/mol. The molecule has 1 aliphatic heterocycles. The fourth-order valence-corrected chi connectivity index (χ4v) is 2.76. The van der Waals surface area contributed by atoms with Crippen LogP contribution in [0.4, 0.5) is 0 Å². The lowest BCUT2D eigenvalue weighted by atomic mass is 9.97. The van der Waals surface area contributed by atoms with Crippen molar-refractivity contribution >= 4 is 34.5 Å². The van der Waals surface area contributed by atoms with Crippen molar-refractivity contribution < 1.29 is 14.6 Å². The van der Waals surface area contributed by atoms with E-state index in [0.29, 0.717) is 21.8 Å². The third-order valence-corrected chi connectivity index (χ3v) is 4.03. The van der Waals surface area contributed by atoms with E-state index >= 15 is 0 Å². The average Bonchev–Trinajstić information content (AvgIpc) is 2.44. The summed E-state index contributed by atoms with van der Waals surface area (Å²) in [6, 6.07) is 6.48. The number of nitrogens with zero attached hydrogens (tertiary/aromatic N) is 1. The van der Waals surface area contributed by atoms with Crippen molar-refractivity contribution in [3.63, 3.8) is 0 Å². The minimum atomic E-state index is -0.987. The van der Waals surface area contributed by atoms with E-state index in [1.807, 2.05) is 0 Å². The Hall–Kier alpha value is -1.50. The van der Waals surface area contributed by atoms with Crippen LogP contribution in [0, 0.1) is 0 Å². The number of rotatable bonds is 4. The summed E-state index contributed by atoms with van der Waals surface area (Å²) in [4.78, 5) is 16.0. The minimum Gasteiger partial charge on any atom is -0.478 e. The van der Waals surface area contributed by atoms with Gasteiger partial charge in [-0.25, -0.2) is 9.79 Å². The number of allylic oxidation sites excluding steroid dienone is 1. The SMILES string of the molecule is COCSC1=NC(c2ccc(Cl)cc2)C(C(=O)O)=C(C)N1. The molecule has 0 radical (unpaired) electrons. The highest BCUT2D eigenvalue weighted by Crippen LogP contribution is 2.32. The topological polar surface area (TPSA) is 70.9 Å². The summed E-state index contributed by atoms with van der Waals surface area (Å²) in [5, 5.41) is 13.7. The predicted octanol–water partition coefficient (Wildman–Crippen LogP) is 3.04. The van der Waals surface area contributed by atoms with Crippen molar-refractivity contribution in [3.8, 4) is 0 Å². The van der Waals surface area contributed by atoms with Crippen LogP contribution < -0.4 is 5.32 Å². The standard InChI is InChI=1S/C14H15ClN2O3S/c1-8-11(13(18)19)12(9-3-5-10(15)6-4-9)17-14(16-8)21-7-20-2/h3-6,12H,7H2,1-2H3,(H,16,17)(H,18,19). The molecule has 0 bridgehead atoms. The molecule has 1 atom stereocenters. The molecule has 5 nitrogen and oxygen atoms in total. The van der Waals surface area contributed by atoms with Crippen molar-refractivity contribution in [2.75, 3.05) is 13.0 Å². The second-order valence-corrected chi connectivity index (χ2v) is 5.76. The number of carbonyl (C=O) groups is 1. The zero-order valence-corrected chi connectivity index (χ0v) is 13.2. The molecule has 0 saturated heterocycles. The van der Waals surface area contributed by atoms with E-state index in [4.69, 9.17) is 16.3 Å². The monoisotopic (exact) mass is 326 g/mol. The number of nitrogens with one attached hydrogen (secondary N) is 1. The first kappa shape index (κ1) is 15.9. The van der Waals surface area contributed by atoms with Gasteiger partial charge in [-0.3, -0.25) is 0 Å². The Morgan fingerprint density at radius 1 is 1.48 bits per heavy atom. The van der Waals surface area contributed by atoms with E-state index in [1.165, 1.54) is 11.8 Å². The maximum absolute atomic E-state index is 11.5. The lowest BCUT2D eigenvalue weighted by molar-refractivity contribution is -0.133. The van der Waals surface area contributed by atoms with Gasteiger partial charge >= 0.3 is 5.97 Å². The van der Waals surface area contributed by atoms with Crippen LogP contribution in [0.25, 0.3) is 0 Å². The highest BCUT2D eigenvalue weighted by molar-refractivity contribution is 8.13. The van der Waals surface area contributed by atoms with E-state index in [-0.39, 0.29) is 5.57 Å². The van der Waals surface area contributed by atoms with E-state index < -0.39 is 12.0 Å². The van der Waals surface area contributed by atoms with E-state index in [0.717, 1.165) is 5.56 Å². The molecule has 2 N–H and O–H groups in total. The number of benzene rings is 1. The molecule has 2 rings (SSSR count). The van der Waals surface area contributed by atoms with Crippen LogP contribution in [0.2, 0.25) is 5.02 Å². The average molecular weight is 327 g/mol. The van der Waals surface area contributed by atoms with Crippen molar-refractivity contribution in [3.05, 3.63) is 46.1 Å². The van der Waals surface area contributed by atoms with Crippen LogP contribution in [0.1, 0.15) is 18.5 Å². The molecule has 0 amide bonds. The second kappa shape index (κ2) is 6.98. The summed E-state index contributed by atoms with van der Waals surface area (Å²) in [6.07, 6.45) is 0. The first-order valence-electron chi connectivity index (χ1n) is 6.19. The Morgan fingerprint density at radius 2 is 2.14 bits per heavy atom. The maximum atomic E-state index is 11.5. The molecule has 1 aromatic rings. The van der Waals surface area contributed by atoms with Gasteiger partial charge in [0, 0.05) is 17.8 Å². The summed E-state index contributed by atoms with van der Waals surface area (Å²) in [5.74, 6) is -0.547. The summed E-state index contributed by atoms with van der Waals surface area (Å²) in [6.45, 7) is 1.73. The van der Waals surface area contributed by atoms with Crippen molar-refractivity contribution in [1.29, 1.82) is 0 Å². The summed E-state index contributed by atoms with van der Waals surface area (Å²) < 4.78 is 5.00. The van der Waals surface area contributed by atoms with Gasteiger partial charge in [0.15, 0.2) is 5.17 Å². The molecule has 1 aliphatic rings. The molecule has 0 fully saturated rings. The molecule has 0 saturated carbocycles. The van der Waals surface area contributed by atoms with Gasteiger partial charge in [0.05, 0.1) is 11.5 Å². The summed E-state index contributed by atoms with van der Waals surface area (Å²) in [5.41, 5.74) is 1.60. The molecule has 1 heterocycles. The Balaban J connectivity index is 2.38. The molecule has 112 valence electrons. The summed E-state index contributed by atoms with van der Waals surface area (Å²) >= 11 is 7.26. The molecule has 7 heteroatoms. The number of amidine groups is 1. The number of ether oxygens (including phenoxy) is 1. The van der Waals surface area contributed by atoms with Crippen LogP contribution in [-0.2, 0) is 9.53 Å². The quantitative estimate of drug-likeness (QED) is 0.832.